The van der Waals surface area contributed by atoms with Crippen molar-refractivity contribution >= 4 is 39.1 Å². The summed E-state index contributed by atoms with van der Waals surface area (Å²) < 4.78 is 39.8. The van der Waals surface area contributed by atoms with Gasteiger partial charge in [-0.2, -0.15) is 0 Å². The largest absolute Gasteiger partial charge is 0.493 e. The van der Waals surface area contributed by atoms with Crippen molar-refractivity contribution < 1.29 is 27.5 Å². The van der Waals surface area contributed by atoms with Crippen LogP contribution in [-0.4, -0.2) is 58.0 Å². The minimum atomic E-state index is -4.23. The van der Waals surface area contributed by atoms with Gasteiger partial charge in [0.2, 0.25) is 11.8 Å². The molecule has 0 saturated heterocycles. The summed E-state index contributed by atoms with van der Waals surface area (Å²) in [7, 11) is -1.32. The van der Waals surface area contributed by atoms with E-state index in [1.165, 1.54) is 43.4 Å². The molecule has 0 spiro atoms. The van der Waals surface area contributed by atoms with Gasteiger partial charge in [-0.15, -0.1) is 0 Å². The van der Waals surface area contributed by atoms with E-state index in [-0.39, 0.29) is 29.1 Å². The molecule has 0 saturated carbocycles. The van der Waals surface area contributed by atoms with Crippen LogP contribution in [0.3, 0.4) is 0 Å². The Morgan fingerprint density at radius 2 is 1.60 bits per heavy atom. The summed E-state index contributed by atoms with van der Waals surface area (Å²) in [6.45, 7) is 6.69. The Morgan fingerprint density at radius 1 is 0.952 bits per heavy atom. The Hall–Kier alpha value is -3.76. The van der Waals surface area contributed by atoms with Gasteiger partial charge in [0.1, 0.15) is 12.6 Å². The van der Waals surface area contributed by atoms with Crippen LogP contribution in [-0.2, 0) is 26.2 Å². The number of ether oxygens (including phenoxy) is 2. The van der Waals surface area contributed by atoms with Crippen molar-refractivity contribution in [3.8, 4) is 11.5 Å². The molecule has 1 N–H and O–H groups in total. The molecule has 0 aromatic heterocycles. The highest BCUT2D eigenvalue weighted by atomic mass is 35.5. The van der Waals surface area contributed by atoms with E-state index in [0.29, 0.717) is 28.5 Å². The van der Waals surface area contributed by atoms with Crippen LogP contribution in [0.2, 0.25) is 5.02 Å². The topological polar surface area (TPSA) is 105 Å². The highest BCUT2D eigenvalue weighted by molar-refractivity contribution is 7.92. The summed E-state index contributed by atoms with van der Waals surface area (Å²) >= 11 is 6.42. The number of methoxy groups -OCH3 is 2. The van der Waals surface area contributed by atoms with E-state index < -0.39 is 28.5 Å². The Morgan fingerprint density at radius 3 is 2.19 bits per heavy atom. The van der Waals surface area contributed by atoms with Gasteiger partial charge in [0.25, 0.3) is 10.0 Å². The van der Waals surface area contributed by atoms with Crippen molar-refractivity contribution in [3.63, 3.8) is 0 Å². The Labute approximate surface area is 253 Å². The molecule has 226 valence electrons. The summed E-state index contributed by atoms with van der Waals surface area (Å²) in [6.07, 6.45) is 0.707. The number of carbonyl (C=O) groups excluding carboxylic acids is 2. The van der Waals surface area contributed by atoms with Crippen LogP contribution in [0.5, 0.6) is 11.5 Å². The van der Waals surface area contributed by atoms with E-state index in [1.54, 1.807) is 49.4 Å². The van der Waals surface area contributed by atoms with E-state index in [4.69, 9.17) is 21.1 Å². The molecule has 0 fully saturated rings. The van der Waals surface area contributed by atoms with E-state index in [2.05, 4.69) is 5.32 Å². The molecule has 2 amide bonds. The normalized spacial score (nSPS) is 12.6. The highest BCUT2D eigenvalue weighted by Gasteiger charge is 2.33. The minimum absolute atomic E-state index is 0.00203. The van der Waals surface area contributed by atoms with Gasteiger partial charge in [-0.1, -0.05) is 54.4 Å². The first-order valence-corrected chi connectivity index (χ1v) is 15.4. The lowest BCUT2D eigenvalue weighted by Gasteiger charge is -2.32. The molecule has 2 atom stereocenters. The second-order valence-corrected chi connectivity index (χ2v) is 12.2. The van der Waals surface area contributed by atoms with Crippen molar-refractivity contribution in [1.82, 2.24) is 10.2 Å². The first-order valence-electron chi connectivity index (χ1n) is 13.6. The molecular formula is C31H38ClN3O6S. The molecule has 9 nitrogen and oxygen atoms in total. The van der Waals surface area contributed by atoms with Crippen LogP contribution >= 0.6 is 11.6 Å². The summed E-state index contributed by atoms with van der Waals surface area (Å²) in [4.78, 5) is 28.6. The predicted octanol–water partition coefficient (Wildman–Crippen LogP) is 5.19. The summed E-state index contributed by atoms with van der Waals surface area (Å²) in [5, 5.41) is 3.34. The number of anilines is 1. The molecule has 0 aliphatic heterocycles. The van der Waals surface area contributed by atoms with Gasteiger partial charge in [0.15, 0.2) is 11.5 Å². The highest BCUT2D eigenvalue weighted by Crippen LogP contribution is 2.34. The molecule has 0 heterocycles. The number of rotatable bonds is 13. The van der Waals surface area contributed by atoms with E-state index in [1.807, 2.05) is 20.8 Å². The lowest BCUT2D eigenvalue weighted by molar-refractivity contribution is -0.139. The average molecular weight is 616 g/mol. The van der Waals surface area contributed by atoms with Crippen molar-refractivity contribution in [2.45, 2.75) is 57.6 Å². The zero-order valence-corrected chi connectivity index (χ0v) is 26.3. The van der Waals surface area contributed by atoms with Crippen molar-refractivity contribution in [1.29, 1.82) is 0 Å². The quantitative estimate of drug-likeness (QED) is 0.284. The standard InChI is InChI=1S/C31H38ClN3O6S/c1-7-22(3)33-31(37)23(4)34(19-24-10-8-9-11-27(24)32)30(36)20-35(25-14-17-28(40-5)29(18-25)41-6)42(38,39)26-15-12-21(2)13-16-26/h8-18,22-23H,7,19-20H2,1-6H3,(H,33,37)/t22-,23+/m1/s1. The zero-order chi connectivity index (χ0) is 31.0. The van der Waals surface area contributed by atoms with Crippen LogP contribution in [0.15, 0.2) is 71.6 Å². The molecule has 0 unspecified atom stereocenters. The van der Waals surface area contributed by atoms with Crippen LogP contribution in [0.4, 0.5) is 5.69 Å². The van der Waals surface area contributed by atoms with Gasteiger partial charge < -0.3 is 19.7 Å². The van der Waals surface area contributed by atoms with Gasteiger partial charge in [-0.05, 0) is 63.1 Å². The Balaban J connectivity index is 2.10. The Kier molecular flexibility index (Phi) is 11.2. The SMILES string of the molecule is CC[C@@H](C)NC(=O)[C@H](C)N(Cc1ccccc1Cl)C(=O)CN(c1ccc(OC)c(OC)c1)S(=O)(=O)c1ccc(C)cc1. The number of hydrogen-bond acceptors (Lipinski definition) is 6. The zero-order valence-electron chi connectivity index (χ0n) is 24.8. The first-order chi connectivity index (χ1) is 19.9. The van der Waals surface area contributed by atoms with Crippen LogP contribution in [0, 0.1) is 6.92 Å². The molecule has 0 aliphatic rings. The number of carbonyl (C=O) groups is 2. The maximum Gasteiger partial charge on any atom is 0.264 e. The third-order valence-electron chi connectivity index (χ3n) is 7.01. The first kappa shape index (κ1) is 32.8. The molecular weight excluding hydrogens is 578 g/mol. The summed E-state index contributed by atoms with van der Waals surface area (Å²) in [6, 6.07) is 16.9. The van der Waals surface area contributed by atoms with Crippen molar-refractivity contribution in [2.75, 3.05) is 25.1 Å². The van der Waals surface area contributed by atoms with Gasteiger partial charge in [-0.25, -0.2) is 8.42 Å². The summed E-state index contributed by atoms with van der Waals surface area (Å²) in [5.74, 6) is -0.257. The van der Waals surface area contributed by atoms with E-state index in [0.717, 1.165) is 9.87 Å². The molecule has 3 rings (SSSR count). The smallest absolute Gasteiger partial charge is 0.264 e. The van der Waals surface area contributed by atoms with Crippen LogP contribution in [0.25, 0.3) is 0 Å². The minimum Gasteiger partial charge on any atom is -0.493 e. The lowest BCUT2D eigenvalue weighted by Crippen LogP contribution is -2.52. The molecule has 42 heavy (non-hydrogen) atoms. The number of nitrogens with one attached hydrogen (secondary N) is 1. The second kappa shape index (κ2) is 14.4. The fourth-order valence-corrected chi connectivity index (χ4v) is 5.81. The third-order valence-corrected chi connectivity index (χ3v) is 9.17. The molecule has 0 radical (unpaired) electrons. The molecule has 0 bridgehead atoms. The molecule has 0 aliphatic carbocycles. The maximum absolute atomic E-state index is 14.1. The molecule has 11 heteroatoms. The molecule has 3 aromatic rings. The van der Waals surface area contributed by atoms with Gasteiger partial charge in [-0.3, -0.25) is 13.9 Å². The third kappa shape index (κ3) is 7.74. The van der Waals surface area contributed by atoms with Gasteiger partial charge >= 0.3 is 0 Å². The van der Waals surface area contributed by atoms with Crippen LogP contribution in [0.1, 0.15) is 38.3 Å². The number of halogens is 1. The monoisotopic (exact) mass is 615 g/mol. The van der Waals surface area contributed by atoms with Gasteiger partial charge in [0, 0.05) is 23.7 Å². The fraction of sp³-hybridized carbons (Fsp3) is 0.355. The second-order valence-electron chi connectivity index (χ2n) is 9.97. The Bertz CT molecular complexity index is 1500. The molecule has 3 aromatic carbocycles. The number of benzene rings is 3. The fourth-order valence-electron chi connectivity index (χ4n) is 4.20. The lowest BCUT2D eigenvalue weighted by atomic mass is 10.1. The van der Waals surface area contributed by atoms with Crippen molar-refractivity contribution in [3.05, 3.63) is 82.9 Å². The maximum atomic E-state index is 14.1. The number of aryl methyl sites for hydroxylation is 1. The number of amides is 2. The average Bonchev–Trinajstić information content (AvgIpc) is 2.98. The van der Waals surface area contributed by atoms with E-state index >= 15 is 0 Å². The van der Waals surface area contributed by atoms with Crippen LogP contribution < -0.4 is 19.1 Å². The summed E-state index contributed by atoms with van der Waals surface area (Å²) in [5.41, 5.74) is 1.69. The van der Waals surface area contributed by atoms with Crippen molar-refractivity contribution in [2.24, 2.45) is 0 Å². The number of sulfonamides is 1. The number of hydrogen-bond donors (Lipinski definition) is 1. The van der Waals surface area contributed by atoms with Gasteiger partial charge in [0.05, 0.1) is 24.8 Å². The van der Waals surface area contributed by atoms with E-state index in [9.17, 15) is 18.0 Å². The number of nitrogens with zero attached hydrogens (tertiary/aromatic N) is 2. The predicted molar refractivity (Wildman–Crippen MR) is 165 cm³/mol.